The molecule has 2 heterocycles. The quantitative estimate of drug-likeness (QED) is 0.828. The molecule has 0 saturated carbocycles. The van der Waals surface area contributed by atoms with Crippen LogP contribution < -0.4 is 5.32 Å². The summed E-state index contributed by atoms with van der Waals surface area (Å²) in [6.45, 7) is 6.18. The predicted octanol–water partition coefficient (Wildman–Crippen LogP) is 2.32. The van der Waals surface area contributed by atoms with Crippen LogP contribution in [0, 0.1) is 6.92 Å². The third-order valence-corrected chi connectivity index (χ3v) is 3.71. The molecule has 14 heavy (non-hydrogen) atoms. The molecule has 0 aliphatic carbocycles. The highest BCUT2D eigenvalue weighted by Crippen LogP contribution is 2.17. The fourth-order valence-corrected chi connectivity index (χ4v) is 2.65. The van der Waals surface area contributed by atoms with Gasteiger partial charge in [0.25, 0.3) is 0 Å². The number of ether oxygens (including phenoxy) is 1. The smallest absolute Gasteiger partial charge is 0.0700 e. The first-order valence-corrected chi connectivity index (χ1v) is 5.97. The summed E-state index contributed by atoms with van der Waals surface area (Å²) in [4.78, 5) is 2.80. The van der Waals surface area contributed by atoms with Gasteiger partial charge in [0.2, 0.25) is 0 Å². The van der Waals surface area contributed by atoms with Gasteiger partial charge in [0.1, 0.15) is 0 Å². The third kappa shape index (κ3) is 2.35. The van der Waals surface area contributed by atoms with E-state index in [1.165, 1.54) is 9.75 Å². The lowest BCUT2D eigenvalue weighted by molar-refractivity contribution is 0.113. The van der Waals surface area contributed by atoms with Crippen LogP contribution in [-0.2, 0) is 11.3 Å². The minimum Gasteiger partial charge on any atom is -0.377 e. The van der Waals surface area contributed by atoms with Crippen molar-refractivity contribution in [1.29, 1.82) is 0 Å². The van der Waals surface area contributed by atoms with E-state index in [2.05, 4.69) is 31.3 Å². The van der Waals surface area contributed by atoms with E-state index in [1.54, 1.807) is 0 Å². The monoisotopic (exact) mass is 211 g/mol. The van der Waals surface area contributed by atoms with Crippen LogP contribution in [0.1, 0.15) is 23.1 Å². The zero-order valence-electron chi connectivity index (χ0n) is 8.75. The molecule has 0 radical (unpaired) electrons. The van der Waals surface area contributed by atoms with Crippen molar-refractivity contribution in [3.8, 4) is 0 Å². The van der Waals surface area contributed by atoms with Crippen LogP contribution in [0.3, 0.4) is 0 Å². The molecule has 2 nitrogen and oxygen atoms in total. The van der Waals surface area contributed by atoms with E-state index in [0.717, 1.165) is 19.6 Å². The molecule has 78 valence electrons. The summed E-state index contributed by atoms with van der Waals surface area (Å²) in [5.41, 5.74) is 0. The molecule has 0 aromatic carbocycles. The van der Waals surface area contributed by atoms with E-state index in [9.17, 15) is 0 Å². The average molecular weight is 211 g/mol. The van der Waals surface area contributed by atoms with Crippen molar-refractivity contribution >= 4 is 11.3 Å². The van der Waals surface area contributed by atoms with Gasteiger partial charge in [-0.3, -0.25) is 0 Å². The van der Waals surface area contributed by atoms with Gasteiger partial charge in [-0.1, -0.05) is 0 Å². The second kappa shape index (κ2) is 4.43. The zero-order valence-corrected chi connectivity index (χ0v) is 9.56. The summed E-state index contributed by atoms with van der Waals surface area (Å²) in [5.74, 6) is 0. The minimum atomic E-state index is 0.371. The number of thiophene rings is 1. The van der Waals surface area contributed by atoms with Crippen LogP contribution in [0.4, 0.5) is 0 Å². The maximum Gasteiger partial charge on any atom is 0.0700 e. The van der Waals surface area contributed by atoms with E-state index >= 15 is 0 Å². The molecule has 2 atom stereocenters. The Bertz CT molecular complexity index is 297. The van der Waals surface area contributed by atoms with E-state index in [4.69, 9.17) is 4.74 Å². The van der Waals surface area contributed by atoms with Crippen molar-refractivity contribution in [2.45, 2.75) is 39.0 Å². The van der Waals surface area contributed by atoms with E-state index < -0.39 is 0 Å². The molecule has 3 heteroatoms. The Morgan fingerprint density at radius 2 is 2.43 bits per heavy atom. The Hall–Kier alpha value is -0.380. The van der Waals surface area contributed by atoms with Crippen LogP contribution in [0.5, 0.6) is 0 Å². The highest BCUT2D eigenvalue weighted by atomic mass is 32.1. The van der Waals surface area contributed by atoms with E-state index in [0.29, 0.717) is 12.1 Å². The molecule has 1 saturated heterocycles. The summed E-state index contributed by atoms with van der Waals surface area (Å²) in [7, 11) is 0. The van der Waals surface area contributed by atoms with Crippen molar-refractivity contribution in [3.63, 3.8) is 0 Å². The predicted molar refractivity (Wildman–Crippen MR) is 59.7 cm³/mol. The summed E-state index contributed by atoms with van der Waals surface area (Å²) in [5, 5.41) is 3.55. The van der Waals surface area contributed by atoms with Gasteiger partial charge in [-0.15, -0.1) is 11.3 Å². The SMILES string of the molecule is Cc1ccc(CNC2CCOC2C)s1. The molecule has 1 N–H and O–H groups in total. The molecule has 2 unspecified atom stereocenters. The molecule has 0 amide bonds. The second-order valence-electron chi connectivity index (χ2n) is 3.86. The first kappa shape index (κ1) is 10.1. The number of hydrogen-bond donors (Lipinski definition) is 1. The summed E-state index contributed by atoms with van der Waals surface area (Å²) < 4.78 is 5.50. The molecule has 0 bridgehead atoms. The lowest BCUT2D eigenvalue weighted by Crippen LogP contribution is -2.33. The molecule has 1 aromatic heterocycles. The fourth-order valence-electron chi connectivity index (χ4n) is 1.81. The highest BCUT2D eigenvalue weighted by Gasteiger charge is 2.23. The van der Waals surface area contributed by atoms with Crippen molar-refractivity contribution in [3.05, 3.63) is 21.9 Å². The number of nitrogens with one attached hydrogen (secondary N) is 1. The van der Waals surface area contributed by atoms with Gasteiger partial charge >= 0.3 is 0 Å². The normalized spacial score (nSPS) is 27.0. The molecule has 2 rings (SSSR count). The Morgan fingerprint density at radius 3 is 3.00 bits per heavy atom. The standard InChI is InChI=1S/C11H17NOS/c1-8-3-4-10(14-8)7-12-11-5-6-13-9(11)2/h3-4,9,11-12H,5-7H2,1-2H3. The molecule has 1 aliphatic rings. The van der Waals surface area contributed by atoms with Crippen LogP contribution in [0.15, 0.2) is 12.1 Å². The summed E-state index contributed by atoms with van der Waals surface area (Å²) in [6.07, 6.45) is 1.52. The van der Waals surface area contributed by atoms with Crippen LogP contribution in [0.25, 0.3) is 0 Å². The molecule has 1 fully saturated rings. The second-order valence-corrected chi connectivity index (χ2v) is 5.24. The molecular weight excluding hydrogens is 194 g/mol. The fraction of sp³-hybridized carbons (Fsp3) is 0.636. The summed E-state index contributed by atoms with van der Waals surface area (Å²) >= 11 is 1.87. The maximum atomic E-state index is 5.50. The third-order valence-electron chi connectivity index (χ3n) is 2.71. The Morgan fingerprint density at radius 1 is 1.57 bits per heavy atom. The molecule has 0 spiro atoms. The topological polar surface area (TPSA) is 21.3 Å². The number of aryl methyl sites for hydroxylation is 1. The van der Waals surface area contributed by atoms with Gasteiger partial charge in [0, 0.05) is 28.9 Å². The van der Waals surface area contributed by atoms with Crippen molar-refractivity contribution < 1.29 is 4.74 Å². The van der Waals surface area contributed by atoms with Crippen molar-refractivity contribution in [2.75, 3.05) is 6.61 Å². The highest BCUT2D eigenvalue weighted by molar-refractivity contribution is 7.11. The van der Waals surface area contributed by atoms with Gasteiger partial charge in [0.05, 0.1) is 6.10 Å². The Balaban J connectivity index is 1.82. The van der Waals surface area contributed by atoms with Crippen LogP contribution in [0.2, 0.25) is 0 Å². The van der Waals surface area contributed by atoms with Gasteiger partial charge in [-0.25, -0.2) is 0 Å². The van der Waals surface area contributed by atoms with Gasteiger partial charge < -0.3 is 10.1 Å². The van der Waals surface area contributed by atoms with Crippen molar-refractivity contribution in [1.82, 2.24) is 5.32 Å². The van der Waals surface area contributed by atoms with E-state index in [-0.39, 0.29) is 0 Å². The Labute approximate surface area is 89.3 Å². The molecular formula is C11H17NOS. The Kier molecular flexibility index (Phi) is 3.21. The maximum absolute atomic E-state index is 5.50. The average Bonchev–Trinajstić information content (AvgIpc) is 2.72. The first-order valence-electron chi connectivity index (χ1n) is 5.16. The number of rotatable bonds is 3. The van der Waals surface area contributed by atoms with Crippen molar-refractivity contribution in [2.24, 2.45) is 0 Å². The van der Waals surface area contributed by atoms with Gasteiger partial charge in [-0.2, -0.15) is 0 Å². The van der Waals surface area contributed by atoms with Gasteiger partial charge in [-0.05, 0) is 32.4 Å². The largest absolute Gasteiger partial charge is 0.377 e. The summed E-state index contributed by atoms with van der Waals surface area (Å²) in [6, 6.07) is 4.92. The minimum absolute atomic E-state index is 0.371. The number of hydrogen-bond acceptors (Lipinski definition) is 3. The van der Waals surface area contributed by atoms with E-state index in [1.807, 2.05) is 11.3 Å². The lowest BCUT2D eigenvalue weighted by Gasteiger charge is -2.14. The zero-order chi connectivity index (χ0) is 9.97. The first-order chi connectivity index (χ1) is 6.75. The van der Waals surface area contributed by atoms with Gasteiger partial charge in [0.15, 0.2) is 0 Å². The van der Waals surface area contributed by atoms with Crippen LogP contribution in [-0.4, -0.2) is 18.8 Å². The molecule has 1 aromatic rings. The molecule has 1 aliphatic heterocycles. The van der Waals surface area contributed by atoms with Crippen LogP contribution >= 0.6 is 11.3 Å². The lowest BCUT2D eigenvalue weighted by atomic mass is 10.1.